The van der Waals surface area contributed by atoms with Crippen molar-refractivity contribution in [3.8, 4) is 0 Å². The molecule has 3 aromatic rings. The number of thiophene rings is 1. The Morgan fingerprint density at radius 1 is 1.03 bits per heavy atom. The second-order valence-corrected chi connectivity index (χ2v) is 10.0. The maximum absolute atomic E-state index is 13.3. The predicted molar refractivity (Wildman–Crippen MR) is 124 cm³/mol. The van der Waals surface area contributed by atoms with Crippen LogP contribution in [0.3, 0.4) is 0 Å². The molecule has 1 aliphatic heterocycles. The Kier molecular flexibility index (Phi) is 6.41. The van der Waals surface area contributed by atoms with E-state index in [0.717, 1.165) is 10.5 Å². The molecule has 10 heteroatoms. The Labute approximate surface area is 195 Å². The molecule has 1 aromatic heterocycles. The minimum absolute atomic E-state index is 0.00663. The van der Waals surface area contributed by atoms with Crippen LogP contribution in [0.25, 0.3) is 0 Å². The van der Waals surface area contributed by atoms with Crippen LogP contribution in [0.1, 0.15) is 21.7 Å². The second kappa shape index (κ2) is 9.26. The first-order chi connectivity index (χ1) is 15.8. The molecule has 0 aliphatic carbocycles. The first kappa shape index (κ1) is 22.8. The zero-order chi connectivity index (χ0) is 23.6. The number of hydrogen-bond donors (Lipinski definition) is 1. The van der Waals surface area contributed by atoms with Crippen molar-refractivity contribution in [3.05, 3.63) is 82.6 Å². The van der Waals surface area contributed by atoms with Crippen LogP contribution in [0, 0.1) is 0 Å². The maximum atomic E-state index is 13.3. The fourth-order valence-electron chi connectivity index (χ4n) is 3.74. The number of hydrogen-bond acceptors (Lipinski definition) is 6. The van der Waals surface area contributed by atoms with Gasteiger partial charge in [-0.3, -0.25) is 14.4 Å². The van der Waals surface area contributed by atoms with E-state index in [9.17, 15) is 22.8 Å². The van der Waals surface area contributed by atoms with Gasteiger partial charge in [-0.1, -0.05) is 36.4 Å². The lowest BCUT2D eigenvalue weighted by Crippen LogP contribution is -2.46. The lowest BCUT2D eigenvalue weighted by Gasteiger charge is -2.27. The van der Waals surface area contributed by atoms with Crippen molar-refractivity contribution in [1.82, 2.24) is 4.90 Å². The summed E-state index contributed by atoms with van der Waals surface area (Å²) in [6.07, 6.45) is 0.264. The van der Waals surface area contributed by atoms with Crippen molar-refractivity contribution in [1.29, 1.82) is 0 Å². The third-order valence-corrected chi connectivity index (χ3v) is 7.19. The zero-order valence-electron chi connectivity index (χ0n) is 17.5. The second-order valence-electron chi connectivity index (χ2n) is 7.54. The fourth-order valence-corrected chi connectivity index (χ4v) is 4.94. The highest BCUT2D eigenvalue weighted by Gasteiger charge is 2.44. The third-order valence-electron chi connectivity index (χ3n) is 5.40. The SMILES string of the molecule is NS(=O)(=O)c1ccc(CCN(C(=O)c2cccs2)C2CC(=O)N(c3ccccc3)C2=O)cc1. The molecule has 8 nitrogen and oxygen atoms in total. The molecule has 0 spiro atoms. The first-order valence-electron chi connectivity index (χ1n) is 10.1. The Morgan fingerprint density at radius 3 is 2.33 bits per heavy atom. The molecule has 2 N–H and O–H groups in total. The van der Waals surface area contributed by atoms with Crippen LogP contribution in [-0.2, 0) is 26.0 Å². The number of benzene rings is 2. The van der Waals surface area contributed by atoms with Crippen molar-refractivity contribution < 1.29 is 22.8 Å². The van der Waals surface area contributed by atoms with E-state index in [1.165, 1.54) is 28.4 Å². The normalized spacial score (nSPS) is 16.3. The summed E-state index contributed by atoms with van der Waals surface area (Å²) >= 11 is 1.26. The smallest absolute Gasteiger partial charge is 0.264 e. The number of carbonyl (C=O) groups excluding carboxylic acids is 3. The molecule has 1 saturated heterocycles. The van der Waals surface area contributed by atoms with E-state index in [4.69, 9.17) is 5.14 Å². The highest BCUT2D eigenvalue weighted by molar-refractivity contribution is 7.89. The number of carbonyl (C=O) groups is 3. The van der Waals surface area contributed by atoms with Gasteiger partial charge in [0.2, 0.25) is 15.9 Å². The van der Waals surface area contributed by atoms with Gasteiger partial charge in [-0.05, 0) is 47.7 Å². The highest BCUT2D eigenvalue weighted by atomic mass is 32.2. The van der Waals surface area contributed by atoms with Crippen LogP contribution in [-0.4, -0.2) is 43.6 Å². The first-order valence-corrected chi connectivity index (χ1v) is 12.6. The van der Waals surface area contributed by atoms with E-state index in [1.807, 2.05) is 0 Å². The summed E-state index contributed by atoms with van der Waals surface area (Å²) < 4.78 is 22.9. The van der Waals surface area contributed by atoms with E-state index >= 15 is 0 Å². The topological polar surface area (TPSA) is 118 Å². The van der Waals surface area contributed by atoms with Crippen molar-refractivity contribution in [2.24, 2.45) is 5.14 Å². The van der Waals surface area contributed by atoms with Crippen molar-refractivity contribution in [2.45, 2.75) is 23.8 Å². The van der Waals surface area contributed by atoms with Crippen molar-refractivity contribution >= 4 is 44.8 Å². The molecule has 33 heavy (non-hydrogen) atoms. The van der Waals surface area contributed by atoms with Gasteiger partial charge < -0.3 is 4.90 Å². The minimum Gasteiger partial charge on any atom is -0.325 e. The summed E-state index contributed by atoms with van der Waals surface area (Å²) in [5.74, 6) is -1.13. The molecule has 0 saturated carbocycles. The molecule has 0 radical (unpaired) electrons. The number of sulfonamides is 1. The van der Waals surface area contributed by atoms with Gasteiger partial charge in [0, 0.05) is 6.54 Å². The quantitative estimate of drug-likeness (QED) is 0.518. The molecular weight excluding hydrogens is 462 g/mol. The number of para-hydroxylation sites is 1. The molecule has 0 bridgehead atoms. The summed E-state index contributed by atoms with van der Waals surface area (Å²) in [5.41, 5.74) is 1.24. The Morgan fingerprint density at radius 2 is 1.73 bits per heavy atom. The monoisotopic (exact) mass is 483 g/mol. The van der Waals surface area contributed by atoms with Gasteiger partial charge in [0.15, 0.2) is 0 Å². The van der Waals surface area contributed by atoms with E-state index in [0.29, 0.717) is 17.0 Å². The van der Waals surface area contributed by atoms with Crippen molar-refractivity contribution in [3.63, 3.8) is 0 Å². The summed E-state index contributed by atoms with van der Waals surface area (Å²) in [6, 6.07) is 17.2. The van der Waals surface area contributed by atoms with Gasteiger partial charge in [-0.2, -0.15) is 0 Å². The predicted octanol–water partition coefficient (Wildman–Crippen LogP) is 2.41. The molecule has 1 unspecified atom stereocenters. The molecule has 2 aromatic carbocycles. The third kappa shape index (κ3) is 4.87. The number of primary sulfonamides is 1. The van der Waals surface area contributed by atoms with Gasteiger partial charge in [-0.25, -0.2) is 18.5 Å². The molecule has 3 amide bonds. The Hall–Kier alpha value is -3.34. The Balaban J connectivity index is 1.58. The number of rotatable bonds is 7. The summed E-state index contributed by atoms with van der Waals surface area (Å²) in [6.45, 7) is 0.178. The molecule has 4 rings (SSSR count). The fraction of sp³-hybridized carbons (Fsp3) is 0.174. The van der Waals surface area contributed by atoms with Gasteiger partial charge in [-0.15, -0.1) is 11.3 Å². The summed E-state index contributed by atoms with van der Waals surface area (Å²) in [4.78, 5) is 42.2. The van der Waals surface area contributed by atoms with Gasteiger partial charge >= 0.3 is 0 Å². The molecule has 1 atom stereocenters. The summed E-state index contributed by atoms with van der Waals surface area (Å²) in [7, 11) is -3.80. The van der Waals surface area contributed by atoms with Crippen LogP contribution in [0.4, 0.5) is 5.69 Å². The van der Waals surface area contributed by atoms with Gasteiger partial charge in [0.1, 0.15) is 6.04 Å². The number of imide groups is 1. The minimum atomic E-state index is -3.80. The van der Waals surface area contributed by atoms with Crippen LogP contribution in [0.15, 0.2) is 77.0 Å². The van der Waals surface area contributed by atoms with Crippen LogP contribution >= 0.6 is 11.3 Å². The van der Waals surface area contributed by atoms with Crippen LogP contribution in [0.5, 0.6) is 0 Å². The molecule has 1 fully saturated rings. The van der Waals surface area contributed by atoms with E-state index in [2.05, 4.69) is 0 Å². The zero-order valence-corrected chi connectivity index (χ0v) is 19.1. The van der Waals surface area contributed by atoms with Gasteiger partial charge in [0.05, 0.1) is 21.9 Å². The standard InChI is InChI=1S/C23H21N3O5S2/c24-33(30,31)18-10-8-16(9-11-18)12-13-25(23(29)20-7-4-14-32-20)19-15-21(27)26(22(19)28)17-5-2-1-3-6-17/h1-11,14,19H,12-13,15H2,(H2,24,30,31). The number of nitrogens with two attached hydrogens (primary N) is 1. The van der Waals surface area contributed by atoms with Crippen molar-refractivity contribution in [2.75, 3.05) is 11.4 Å². The average Bonchev–Trinajstić information content (AvgIpc) is 3.43. The van der Waals surface area contributed by atoms with E-state index in [-0.39, 0.29) is 29.7 Å². The number of amides is 3. The van der Waals surface area contributed by atoms with Crippen LogP contribution in [0.2, 0.25) is 0 Å². The molecule has 1 aliphatic rings. The van der Waals surface area contributed by atoms with E-state index in [1.54, 1.807) is 60.0 Å². The highest BCUT2D eigenvalue weighted by Crippen LogP contribution is 2.27. The van der Waals surface area contributed by atoms with E-state index < -0.39 is 22.0 Å². The lowest BCUT2D eigenvalue weighted by molar-refractivity contribution is -0.122. The Bertz CT molecular complexity index is 1270. The molecule has 170 valence electrons. The largest absolute Gasteiger partial charge is 0.325 e. The average molecular weight is 484 g/mol. The summed E-state index contributed by atoms with van der Waals surface area (Å²) in [5, 5.41) is 6.91. The van der Waals surface area contributed by atoms with Gasteiger partial charge in [0.25, 0.3) is 11.8 Å². The molecule has 2 heterocycles. The lowest BCUT2D eigenvalue weighted by atomic mass is 10.1. The molecular formula is C23H21N3O5S2. The van der Waals surface area contributed by atoms with Crippen LogP contribution < -0.4 is 10.0 Å². The number of anilines is 1. The number of nitrogens with zero attached hydrogens (tertiary/aromatic N) is 2. The maximum Gasteiger partial charge on any atom is 0.264 e.